The van der Waals surface area contributed by atoms with Crippen LogP contribution in [0.2, 0.25) is 0 Å². The van der Waals surface area contributed by atoms with Crippen LogP contribution in [-0.2, 0) is 23.0 Å². The number of hydrogen-bond acceptors (Lipinski definition) is 7. The molecule has 0 saturated heterocycles. The second-order valence-electron chi connectivity index (χ2n) is 6.93. The van der Waals surface area contributed by atoms with Crippen molar-refractivity contribution in [2.75, 3.05) is 31.4 Å². The highest BCUT2D eigenvalue weighted by molar-refractivity contribution is 7.89. The minimum atomic E-state index is -3.65. The maximum Gasteiger partial charge on any atom is 0.325 e. The molecule has 0 radical (unpaired) electrons. The van der Waals surface area contributed by atoms with Crippen molar-refractivity contribution in [2.24, 2.45) is 0 Å². The van der Waals surface area contributed by atoms with Crippen LogP contribution in [0.25, 0.3) is 0 Å². The lowest BCUT2D eigenvalue weighted by molar-refractivity contribution is 0.262. The SMILES string of the molecule is COc1ccc(S(=O)(=O)N2CCc3nc(NC(=O)Nc4ccccc4OC)sc3C2)cc1. The number of fused-ring (bicyclic) bond motifs is 1. The molecule has 0 unspecified atom stereocenters. The van der Waals surface area contributed by atoms with Gasteiger partial charge in [0.05, 0.1) is 37.0 Å². The number of anilines is 2. The van der Waals surface area contributed by atoms with E-state index in [0.29, 0.717) is 35.3 Å². The summed E-state index contributed by atoms with van der Waals surface area (Å²) in [5.41, 5.74) is 1.33. The number of thiazole rings is 1. The van der Waals surface area contributed by atoms with Gasteiger partial charge in [-0.25, -0.2) is 18.2 Å². The molecule has 3 aromatic rings. The molecule has 1 aliphatic heterocycles. The standard InChI is InChI=1S/C21H22N4O5S2/c1-29-14-7-9-15(10-8-14)32(27,28)25-12-11-17-19(13-25)31-21(23-17)24-20(26)22-16-5-3-4-6-18(16)30-2/h3-10H,11-13H2,1-2H3,(H2,22,23,24,26). The van der Waals surface area contributed by atoms with Gasteiger partial charge in [0.15, 0.2) is 5.13 Å². The van der Waals surface area contributed by atoms with Crippen molar-refractivity contribution < 1.29 is 22.7 Å². The van der Waals surface area contributed by atoms with Crippen molar-refractivity contribution in [2.45, 2.75) is 17.9 Å². The largest absolute Gasteiger partial charge is 0.497 e. The van der Waals surface area contributed by atoms with E-state index < -0.39 is 16.1 Å². The number of hydrogen-bond donors (Lipinski definition) is 2. The molecule has 0 fully saturated rings. The molecular weight excluding hydrogens is 452 g/mol. The summed E-state index contributed by atoms with van der Waals surface area (Å²) in [4.78, 5) is 17.9. The first-order chi connectivity index (χ1) is 15.4. The van der Waals surface area contributed by atoms with Crippen LogP contribution in [0.5, 0.6) is 11.5 Å². The Kier molecular flexibility index (Phi) is 6.31. The third kappa shape index (κ3) is 4.54. The van der Waals surface area contributed by atoms with Crippen LogP contribution in [0.4, 0.5) is 15.6 Å². The van der Waals surface area contributed by atoms with Gasteiger partial charge in [0, 0.05) is 17.8 Å². The number of methoxy groups -OCH3 is 2. The fourth-order valence-corrected chi connectivity index (χ4v) is 5.84. The number of urea groups is 1. The van der Waals surface area contributed by atoms with Crippen molar-refractivity contribution in [1.29, 1.82) is 0 Å². The normalized spacial score (nSPS) is 13.8. The number of aromatic nitrogens is 1. The lowest BCUT2D eigenvalue weighted by Crippen LogP contribution is -2.35. The molecular formula is C21H22N4O5S2. The van der Waals surface area contributed by atoms with Gasteiger partial charge < -0.3 is 14.8 Å². The van der Waals surface area contributed by atoms with Crippen molar-refractivity contribution in [1.82, 2.24) is 9.29 Å². The minimum Gasteiger partial charge on any atom is -0.497 e. The van der Waals surface area contributed by atoms with Gasteiger partial charge in [-0.3, -0.25) is 5.32 Å². The van der Waals surface area contributed by atoms with Crippen molar-refractivity contribution in [3.05, 3.63) is 59.1 Å². The zero-order chi connectivity index (χ0) is 22.7. The summed E-state index contributed by atoms with van der Waals surface area (Å²) >= 11 is 1.26. The number of rotatable bonds is 6. The maximum atomic E-state index is 13.0. The van der Waals surface area contributed by atoms with Crippen LogP contribution in [0, 0.1) is 0 Å². The Labute approximate surface area is 190 Å². The Morgan fingerprint density at radius 2 is 1.81 bits per heavy atom. The van der Waals surface area contributed by atoms with Crippen LogP contribution < -0.4 is 20.1 Å². The molecule has 2 aromatic carbocycles. The van der Waals surface area contributed by atoms with Crippen molar-refractivity contribution in [3.8, 4) is 11.5 Å². The van der Waals surface area contributed by atoms with E-state index >= 15 is 0 Å². The Morgan fingerprint density at radius 1 is 1.06 bits per heavy atom. The third-order valence-electron chi connectivity index (χ3n) is 4.97. The van der Waals surface area contributed by atoms with Gasteiger partial charge in [0.2, 0.25) is 10.0 Å². The highest BCUT2D eigenvalue weighted by Crippen LogP contribution is 2.32. The number of amides is 2. The maximum absolute atomic E-state index is 13.0. The number of carbonyl (C=O) groups is 1. The molecule has 9 nitrogen and oxygen atoms in total. The van der Waals surface area contributed by atoms with E-state index in [4.69, 9.17) is 9.47 Å². The summed E-state index contributed by atoms with van der Waals surface area (Å²) in [5, 5.41) is 5.85. The van der Waals surface area contributed by atoms with E-state index in [2.05, 4.69) is 15.6 Å². The van der Waals surface area contributed by atoms with Gasteiger partial charge in [-0.1, -0.05) is 23.5 Å². The Hall–Kier alpha value is -3.15. The van der Waals surface area contributed by atoms with E-state index in [0.717, 1.165) is 10.6 Å². The van der Waals surface area contributed by atoms with Gasteiger partial charge >= 0.3 is 6.03 Å². The average molecular weight is 475 g/mol. The fourth-order valence-electron chi connectivity index (χ4n) is 3.33. The molecule has 0 saturated carbocycles. The topological polar surface area (TPSA) is 110 Å². The zero-order valence-electron chi connectivity index (χ0n) is 17.5. The third-order valence-corrected chi connectivity index (χ3v) is 7.83. The Balaban J connectivity index is 1.45. The van der Waals surface area contributed by atoms with E-state index in [1.165, 1.54) is 42.0 Å². The lowest BCUT2D eigenvalue weighted by atomic mass is 10.2. The second-order valence-corrected chi connectivity index (χ2v) is 9.95. The van der Waals surface area contributed by atoms with Crippen molar-refractivity contribution in [3.63, 3.8) is 0 Å². The first kappa shape index (κ1) is 22.1. The summed E-state index contributed by atoms with van der Waals surface area (Å²) < 4.78 is 37.8. The first-order valence-corrected chi connectivity index (χ1v) is 12.0. The summed E-state index contributed by atoms with van der Waals surface area (Å²) in [6.07, 6.45) is 0.469. The highest BCUT2D eigenvalue weighted by atomic mass is 32.2. The van der Waals surface area contributed by atoms with Gasteiger partial charge in [0.25, 0.3) is 0 Å². The van der Waals surface area contributed by atoms with Crippen LogP contribution >= 0.6 is 11.3 Å². The fraction of sp³-hybridized carbons (Fsp3) is 0.238. The number of carbonyl (C=O) groups excluding carboxylic acids is 1. The van der Waals surface area contributed by atoms with Gasteiger partial charge in [-0.2, -0.15) is 4.31 Å². The number of sulfonamides is 1. The number of benzene rings is 2. The van der Waals surface area contributed by atoms with Gasteiger partial charge in [0.1, 0.15) is 11.5 Å². The van der Waals surface area contributed by atoms with Gasteiger partial charge in [-0.05, 0) is 36.4 Å². The molecule has 1 aliphatic rings. The molecule has 2 N–H and O–H groups in total. The van der Waals surface area contributed by atoms with Crippen LogP contribution in [0.15, 0.2) is 53.4 Å². The first-order valence-electron chi connectivity index (χ1n) is 9.74. The summed E-state index contributed by atoms with van der Waals surface area (Å²) in [6, 6.07) is 12.9. The molecule has 0 aliphatic carbocycles. The average Bonchev–Trinajstić information content (AvgIpc) is 3.20. The quantitative estimate of drug-likeness (QED) is 0.565. The number of ether oxygens (including phenoxy) is 2. The highest BCUT2D eigenvalue weighted by Gasteiger charge is 2.30. The molecule has 168 valence electrons. The second kappa shape index (κ2) is 9.15. The predicted molar refractivity (Wildman–Crippen MR) is 122 cm³/mol. The lowest BCUT2D eigenvalue weighted by Gasteiger charge is -2.25. The zero-order valence-corrected chi connectivity index (χ0v) is 19.1. The van der Waals surface area contributed by atoms with E-state index in [1.54, 1.807) is 30.3 Å². The number of nitrogens with zero attached hydrogens (tertiary/aromatic N) is 2. The predicted octanol–water partition coefficient (Wildman–Crippen LogP) is 3.55. The van der Waals surface area contributed by atoms with Crippen molar-refractivity contribution >= 4 is 38.2 Å². The Bertz CT molecular complexity index is 1230. The summed E-state index contributed by atoms with van der Waals surface area (Å²) in [7, 11) is -0.593. The smallest absolute Gasteiger partial charge is 0.325 e. The molecule has 0 spiro atoms. The van der Waals surface area contributed by atoms with Crippen LogP contribution in [0.3, 0.4) is 0 Å². The molecule has 2 heterocycles. The molecule has 32 heavy (non-hydrogen) atoms. The number of para-hydroxylation sites is 2. The van der Waals surface area contributed by atoms with E-state index in [9.17, 15) is 13.2 Å². The van der Waals surface area contributed by atoms with E-state index in [-0.39, 0.29) is 11.4 Å². The monoisotopic (exact) mass is 474 g/mol. The van der Waals surface area contributed by atoms with Crippen LogP contribution in [0.1, 0.15) is 10.6 Å². The van der Waals surface area contributed by atoms with E-state index in [1.807, 2.05) is 6.07 Å². The summed E-state index contributed by atoms with van der Waals surface area (Å²) in [5.74, 6) is 1.13. The molecule has 0 bridgehead atoms. The minimum absolute atomic E-state index is 0.206. The molecule has 2 amide bonds. The molecule has 0 atom stereocenters. The molecule has 11 heteroatoms. The van der Waals surface area contributed by atoms with Gasteiger partial charge in [-0.15, -0.1) is 0 Å². The Morgan fingerprint density at radius 3 is 2.53 bits per heavy atom. The molecule has 4 rings (SSSR count). The van der Waals surface area contributed by atoms with Crippen LogP contribution in [-0.4, -0.2) is 44.5 Å². The number of nitrogens with one attached hydrogen (secondary N) is 2. The summed E-state index contributed by atoms with van der Waals surface area (Å²) in [6.45, 7) is 0.523. The molecule has 1 aromatic heterocycles.